The van der Waals surface area contributed by atoms with Crippen molar-refractivity contribution in [1.29, 1.82) is 0 Å². The summed E-state index contributed by atoms with van der Waals surface area (Å²) in [7, 11) is 0. The summed E-state index contributed by atoms with van der Waals surface area (Å²) in [5, 5.41) is 3.47. The van der Waals surface area contributed by atoms with Gasteiger partial charge in [-0.15, -0.1) is 0 Å². The van der Waals surface area contributed by atoms with Crippen LogP contribution in [0, 0.1) is 35.5 Å². The van der Waals surface area contributed by atoms with Gasteiger partial charge in [-0.05, 0) is 80.7 Å². The van der Waals surface area contributed by atoms with Gasteiger partial charge in [-0.1, -0.05) is 6.92 Å². The molecule has 0 heterocycles. The van der Waals surface area contributed by atoms with Gasteiger partial charge in [-0.3, -0.25) is 4.79 Å². The zero-order valence-corrected chi connectivity index (χ0v) is 13.9. The van der Waals surface area contributed by atoms with Crippen molar-refractivity contribution >= 4 is 5.97 Å². The summed E-state index contributed by atoms with van der Waals surface area (Å²) >= 11 is 0. The second-order valence-electron chi connectivity index (χ2n) is 7.73. The molecule has 126 valence electrons. The highest BCUT2D eigenvalue weighted by Crippen LogP contribution is 2.61. The minimum Gasteiger partial charge on any atom is -0.466 e. The van der Waals surface area contributed by atoms with Crippen LogP contribution in [0.25, 0.3) is 0 Å². The summed E-state index contributed by atoms with van der Waals surface area (Å²) in [5.41, 5.74) is 5.94. The summed E-state index contributed by atoms with van der Waals surface area (Å²) in [5.74, 6) is 5.38. The number of carbonyl (C=O) groups is 1. The normalized spacial score (nSPS) is 39.2. The van der Waals surface area contributed by atoms with Crippen LogP contribution in [0.2, 0.25) is 0 Å². The molecule has 3 rings (SSSR count). The van der Waals surface area contributed by atoms with Crippen molar-refractivity contribution in [3.05, 3.63) is 0 Å². The van der Waals surface area contributed by atoms with Gasteiger partial charge in [0.1, 0.15) is 0 Å². The molecule has 3 fully saturated rings. The molecule has 6 unspecified atom stereocenters. The van der Waals surface area contributed by atoms with Gasteiger partial charge in [0.2, 0.25) is 0 Å². The van der Waals surface area contributed by atoms with Gasteiger partial charge >= 0.3 is 5.97 Å². The van der Waals surface area contributed by atoms with Crippen LogP contribution in [0.15, 0.2) is 0 Å². The molecule has 2 bridgehead atoms. The lowest BCUT2D eigenvalue weighted by Crippen LogP contribution is -2.29. The fourth-order valence-electron chi connectivity index (χ4n) is 5.55. The first-order valence-electron chi connectivity index (χ1n) is 9.29. The fourth-order valence-corrected chi connectivity index (χ4v) is 5.55. The largest absolute Gasteiger partial charge is 0.466 e. The molecule has 4 nitrogen and oxygen atoms in total. The third kappa shape index (κ3) is 3.33. The molecule has 0 saturated heterocycles. The number of nitrogens with two attached hydrogens (primary N) is 1. The third-order valence-electron chi connectivity index (χ3n) is 6.41. The van der Waals surface area contributed by atoms with Crippen molar-refractivity contribution < 1.29 is 9.53 Å². The van der Waals surface area contributed by atoms with Crippen LogP contribution in [0.5, 0.6) is 0 Å². The first-order valence-corrected chi connectivity index (χ1v) is 9.29. The Bertz CT molecular complexity index is 385. The molecule has 3 saturated carbocycles. The SMILES string of the molecule is CCCOC(=O)CCNCC1CC2C3CC(CN)C(C3)C2C1. The van der Waals surface area contributed by atoms with Gasteiger partial charge in [0, 0.05) is 6.54 Å². The van der Waals surface area contributed by atoms with E-state index in [9.17, 15) is 4.79 Å². The molecule has 0 aliphatic heterocycles. The Balaban J connectivity index is 1.34. The van der Waals surface area contributed by atoms with E-state index in [1.165, 1.54) is 25.7 Å². The summed E-state index contributed by atoms with van der Waals surface area (Å²) in [6, 6.07) is 0. The maximum atomic E-state index is 11.4. The lowest BCUT2D eigenvalue weighted by Gasteiger charge is -2.30. The van der Waals surface area contributed by atoms with Crippen molar-refractivity contribution in [3.8, 4) is 0 Å². The van der Waals surface area contributed by atoms with Crippen molar-refractivity contribution in [2.75, 3.05) is 26.2 Å². The quantitative estimate of drug-likeness (QED) is 0.533. The molecule has 0 aromatic carbocycles. The van der Waals surface area contributed by atoms with Crippen molar-refractivity contribution in [2.45, 2.75) is 45.4 Å². The number of fused-ring (bicyclic) bond motifs is 5. The van der Waals surface area contributed by atoms with Gasteiger partial charge < -0.3 is 15.8 Å². The zero-order chi connectivity index (χ0) is 15.5. The summed E-state index contributed by atoms with van der Waals surface area (Å²) in [6.45, 7) is 5.29. The highest BCUT2D eigenvalue weighted by Gasteiger charge is 2.55. The van der Waals surface area contributed by atoms with Gasteiger partial charge in [0.05, 0.1) is 13.0 Å². The summed E-state index contributed by atoms with van der Waals surface area (Å²) in [6.07, 6.45) is 7.04. The van der Waals surface area contributed by atoms with Crippen LogP contribution in [0.1, 0.15) is 45.4 Å². The average molecular weight is 308 g/mol. The molecule has 22 heavy (non-hydrogen) atoms. The average Bonchev–Trinajstić information content (AvgIpc) is 3.19. The minimum atomic E-state index is -0.0681. The van der Waals surface area contributed by atoms with Gasteiger partial charge in [-0.2, -0.15) is 0 Å². The molecule has 3 aliphatic carbocycles. The van der Waals surface area contributed by atoms with Crippen molar-refractivity contribution in [1.82, 2.24) is 5.32 Å². The Morgan fingerprint density at radius 2 is 2.00 bits per heavy atom. The Labute approximate surface area is 134 Å². The Kier molecular flexibility index (Phi) is 5.40. The Morgan fingerprint density at radius 3 is 2.77 bits per heavy atom. The lowest BCUT2D eigenvalue weighted by atomic mass is 9.76. The van der Waals surface area contributed by atoms with Crippen molar-refractivity contribution in [3.63, 3.8) is 0 Å². The number of esters is 1. The number of ether oxygens (including phenoxy) is 1. The molecular formula is C18H32N2O2. The first-order chi connectivity index (χ1) is 10.7. The van der Waals surface area contributed by atoms with Crippen LogP contribution in [0.4, 0.5) is 0 Å². The first kappa shape index (κ1) is 16.3. The summed E-state index contributed by atoms with van der Waals surface area (Å²) < 4.78 is 5.09. The Hall–Kier alpha value is -0.610. The number of rotatable bonds is 8. The van der Waals surface area contributed by atoms with E-state index < -0.39 is 0 Å². The standard InChI is InChI=1S/C18H32N2O2/c1-2-5-22-18(21)3-4-20-11-12-6-15-13-8-14(10-19)16(9-13)17(15)7-12/h12-17,20H,2-11,19H2,1H3. The van der Waals surface area contributed by atoms with Gasteiger partial charge in [0.25, 0.3) is 0 Å². The molecule has 3 aliphatic rings. The molecule has 0 aromatic rings. The van der Waals surface area contributed by atoms with E-state index in [2.05, 4.69) is 5.32 Å². The zero-order valence-electron chi connectivity index (χ0n) is 13.9. The van der Waals surface area contributed by atoms with Crippen LogP contribution in [-0.4, -0.2) is 32.2 Å². The maximum Gasteiger partial charge on any atom is 0.307 e. The Morgan fingerprint density at radius 1 is 1.18 bits per heavy atom. The van der Waals surface area contributed by atoms with E-state index in [-0.39, 0.29) is 5.97 Å². The number of hydrogen-bond acceptors (Lipinski definition) is 4. The van der Waals surface area contributed by atoms with Crippen LogP contribution >= 0.6 is 0 Å². The van der Waals surface area contributed by atoms with E-state index in [4.69, 9.17) is 10.5 Å². The molecule has 0 spiro atoms. The van der Waals surface area contributed by atoms with Crippen molar-refractivity contribution in [2.24, 2.45) is 41.2 Å². The van der Waals surface area contributed by atoms with E-state index in [0.717, 1.165) is 61.6 Å². The number of carbonyl (C=O) groups excluding carboxylic acids is 1. The highest BCUT2D eigenvalue weighted by atomic mass is 16.5. The molecule has 3 N–H and O–H groups in total. The topological polar surface area (TPSA) is 64.3 Å². The molecular weight excluding hydrogens is 276 g/mol. The fraction of sp³-hybridized carbons (Fsp3) is 0.944. The number of hydrogen-bond donors (Lipinski definition) is 2. The van der Waals surface area contributed by atoms with Crippen LogP contribution in [0.3, 0.4) is 0 Å². The molecule has 0 radical (unpaired) electrons. The smallest absolute Gasteiger partial charge is 0.307 e. The molecule has 0 aromatic heterocycles. The number of nitrogens with one attached hydrogen (secondary N) is 1. The summed E-state index contributed by atoms with van der Waals surface area (Å²) in [4.78, 5) is 11.4. The minimum absolute atomic E-state index is 0.0681. The van der Waals surface area contributed by atoms with E-state index >= 15 is 0 Å². The second kappa shape index (κ2) is 7.31. The van der Waals surface area contributed by atoms with Gasteiger partial charge in [-0.25, -0.2) is 0 Å². The predicted octanol–water partition coefficient (Wildman–Crippen LogP) is 2.18. The van der Waals surface area contributed by atoms with E-state index in [1.54, 1.807) is 0 Å². The lowest BCUT2D eigenvalue weighted by molar-refractivity contribution is -0.143. The second-order valence-corrected chi connectivity index (χ2v) is 7.73. The monoisotopic (exact) mass is 308 g/mol. The van der Waals surface area contributed by atoms with Gasteiger partial charge in [0.15, 0.2) is 0 Å². The maximum absolute atomic E-state index is 11.4. The molecule has 6 atom stereocenters. The highest BCUT2D eigenvalue weighted by molar-refractivity contribution is 5.69. The predicted molar refractivity (Wildman–Crippen MR) is 87.2 cm³/mol. The van der Waals surface area contributed by atoms with E-state index in [1.807, 2.05) is 6.92 Å². The molecule has 0 amide bonds. The molecule has 4 heteroatoms. The van der Waals surface area contributed by atoms with Crippen LogP contribution < -0.4 is 11.1 Å². The third-order valence-corrected chi connectivity index (χ3v) is 6.41. The van der Waals surface area contributed by atoms with E-state index in [0.29, 0.717) is 13.0 Å². The van der Waals surface area contributed by atoms with Crippen LogP contribution in [-0.2, 0) is 9.53 Å².